The fourth-order valence-corrected chi connectivity index (χ4v) is 4.26. The van der Waals surface area contributed by atoms with E-state index in [2.05, 4.69) is 5.32 Å². The maximum Gasteiger partial charge on any atom is 0.317 e. The molecule has 2 N–H and O–H groups in total. The van der Waals surface area contributed by atoms with Crippen molar-refractivity contribution in [2.24, 2.45) is 11.8 Å². The Balaban J connectivity index is 1.58. The highest BCUT2D eigenvalue weighted by molar-refractivity contribution is 5.75. The van der Waals surface area contributed by atoms with E-state index in [1.165, 1.54) is 25.7 Å². The lowest BCUT2D eigenvalue weighted by Gasteiger charge is -2.23. The van der Waals surface area contributed by atoms with Gasteiger partial charge in [-0.15, -0.1) is 0 Å². The molecule has 5 nitrogen and oxygen atoms in total. The maximum absolute atomic E-state index is 12.7. The first-order valence-electron chi connectivity index (χ1n) is 9.43. The van der Waals surface area contributed by atoms with Crippen molar-refractivity contribution in [3.8, 4) is 0 Å². The number of benzene rings is 1. The van der Waals surface area contributed by atoms with Gasteiger partial charge in [-0.3, -0.25) is 4.79 Å². The van der Waals surface area contributed by atoms with Gasteiger partial charge in [-0.1, -0.05) is 43.2 Å². The van der Waals surface area contributed by atoms with Crippen molar-refractivity contribution in [2.45, 2.75) is 51.0 Å². The van der Waals surface area contributed by atoms with E-state index < -0.39 is 5.97 Å². The number of hydrogen-bond donors (Lipinski definition) is 2. The van der Waals surface area contributed by atoms with Gasteiger partial charge in [-0.25, -0.2) is 4.79 Å². The molecule has 0 aromatic heterocycles. The molecule has 1 aromatic carbocycles. The summed E-state index contributed by atoms with van der Waals surface area (Å²) in [7, 11) is 0. The molecule has 0 spiro atoms. The fourth-order valence-electron chi connectivity index (χ4n) is 4.26. The number of likely N-dealkylation sites (tertiary alicyclic amines) is 1. The molecule has 0 radical (unpaired) electrons. The smallest absolute Gasteiger partial charge is 0.317 e. The summed E-state index contributed by atoms with van der Waals surface area (Å²) in [6, 6.07) is 9.76. The third-order valence-corrected chi connectivity index (χ3v) is 5.62. The molecule has 1 saturated heterocycles. The molecule has 3 rings (SSSR count). The number of carboxylic acid groups (broad SMARTS) is 1. The Labute approximate surface area is 149 Å². The minimum absolute atomic E-state index is 0.0271. The normalized spacial score (nSPS) is 23.8. The van der Waals surface area contributed by atoms with Gasteiger partial charge in [0, 0.05) is 25.6 Å². The van der Waals surface area contributed by atoms with E-state index in [1.807, 2.05) is 35.2 Å². The maximum atomic E-state index is 12.7. The second-order valence-electron chi connectivity index (χ2n) is 7.48. The monoisotopic (exact) mass is 344 g/mol. The molecule has 2 amide bonds. The summed E-state index contributed by atoms with van der Waals surface area (Å²) >= 11 is 0. The van der Waals surface area contributed by atoms with Crippen LogP contribution in [-0.2, 0) is 11.2 Å². The molecule has 1 aliphatic heterocycles. The predicted octanol–water partition coefficient (Wildman–Crippen LogP) is 3.29. The Kier molecular flexibility index (Phi) is 5.95. The molecule has 2 aliphatic rings. The molecule has 1 heterocycles. The van der Waals surface area contributed by atoms with Gasteiger partial charge in [0.15, 0.2) is 0 Å². The van der Waals surface area contributed by atoms with Crippen LogP contribution in [0.15, 0.2) is 30.3 Å². The summed E-state index contributed by atoms with van der Waals surface area (Å²) in [5.41, 5.74) is 1.12. The lowest BCUT2D eigenvalue weighted by atomic mass is 9.82. The van der Waals surface area contributed by atoms with E-state index in [0.29, 0.717) is 24.7 Å². The number of carbonyl (C=O) groups excluding carboxylic acids is 1. The van der Waals surface area contributed by atoms with Crippen LogP contribution < -0.4 is 5.32 Å². The Morgan fingerprint density at radius 1 is 1.12 bits per heavy atom. The number of rotatable bonds is 6. The highest BCUT2D eigenvalue weighted by atomic mass is 16.4. The molecule has 1 saturated carbocycles. The largest absolute Gasteiger partial charge is 0.481 e. The van der Waals surface area contributed by atoms with Crippen molar-refractivity contribution in [1.82, 2.24) is 10.2 Å². The summed E-state index contributed by atoms with van der Waals surface area (Å²) in [6.07, 6.45) is 6.24. The molecule has 1 unspecified atom stereocenters. The molecule has 1 aromatic rings. The van der Waals surface area contributed by atoms with Gasteiger partial charge in [0.2, 0.25) is 0 Å². The van der Waals surface area contributed by atoms with E-state index in [9.17, 15) is 9.59 Å². The van der Waals surface area contributed by atoms with E-state index in [4.69, 9.17) is 5.11 Å². The van der Waals surface area contributed by atoms with Crippen molar-refractivity contribution in [3.05, 3.63) is 35.9 Å². The zero-order chi connectivity index (χ0) is 17.6. The van der Waals surface area contributed by atoms with Crippen LogP contribution in [0.5, 0.6) is 0 Å². The topological polar surface area (TPSA) is 69.6 Å². The number of carboxylic acids is 1. The van der Waals surface area contributed by atoms with Crippen LogP contribution in [0, 0.1) is 11.8 Å². The van der Waals surface area contributed by atoms with E-state index >= 15 is 0 Å². The summed E-state index contributed by atoms with van der Waals surface area (Å²) in [4.78, 5) is 25.6. The molecule has 2 fully saturated rings. The molecule has 1 aliphatic carbocycles. The van der Waals surface area contributed by atoms with Gasteiger partial charge >= 0.3 is 12.0 Å². The second kappa shape index (κ2) is 8.37. The first-order valence-corrected chi connectivity index (χ1v) is 9.43. The highest BCUT2D eigenvalue weighted by Gasteiger charge is 2.36. The minimum atomic E-state index is -0.820. The Morgan fingerprint density at radius 3 is 2.36 bits per heavy atom. The average molecular weight is 344 g/mol. The summed E-state index contributed by atoms with van der Waals surface area (Å²) in [6.45, 7) is 1.71. The van der Waals surface area contributed by atoms with Gasteiger partial charge in [-0.2, -0.15) is 0 Å². The molecule has 5 heteroatoms. The number of carbonyl (C=O) groups is 2. The number of nitrogens with one attached hydrogen (secondary N) is 1. The van der Waals surface area contributed by atoms with Crippen LogP contribution in [0.25, 0.3) is 0 Å². The number of urea groups is 1. The van der Waals surface area contributed by atoms with E-state index in [1.54, 1.807) is 0 Å². The molecular weight excluding hydrogens is 316 g/mol. The first kappa shape index (κ1) is 17.8. The van der Waals surface area contributed by atoms with Crippen LogP contribution in [0.1, 0.15) is 44.1 Å². The van der Waals surface area contributed by atoms with Crippen LogP contribution in [-0.4, -0.2) is 41.1 Å². The SMILES string of the molecule is O=C(O)CCC(Cc1ccccc1)NC(=O)N1C[C@H]2CCCC[C@H]2C1. The van der Waals surface area contributed by atoms with Gasteiger partial charge in [0.05, 0.1) is 0 Å². The number of hydrogen-bond acceptors (Lipinski definition) is 2. The van der Waals surface area contributed by atoms with E-state index in [-0.39, 0.29) is 18.5 Å². The number of nitrogens with zero attached hydrogens (tertiary/aromatic N) is 1. The third kappa shape index (κ3) is 4.97. The zero-order valence-electron chi connectivity index (χ0n) is 14.7. The van der Waals surface area contributed by atoms with Crippen LogP contribution >= 0.6 is 0 Å². The van der Waals surface area contributed by atoms with E-state index in [0.717, 1.165) is 18.7 Å². The van der Waals surface area contributed by atoms with Crippen molar-refractivity contribution >= 4 is 12.0 Å². The van der Waals surface area contributed by atoms with Crippen molar-refractivity contribution in [3.63, 3.8) is 0 Å². The fraction of sp³-hybridized carbons (Fsp3) is 0.600. The van der Waals surface area contributed by atoms with Gasteiger partial charge in [0.1, 0.15) is 0 Å². The van der Waals surface area contributed by atoms with Crippen LogP contribution in [0.2, 0.25) is 0 Å². The van der Waals surface area contributed by atoms with Crippen molar-refractivity contribution < 1.29 is 14.7 Å². The van der Waals surface area contributed by atoms with Gasteiger partial charge in [-0.05, 0) is 43.1 Å². The Bertz CT molecular complexity index is 576. The quantitative estimate of drug-likeness (QED) is 0.832. The molecular formula is C20H28N2O3. The predicted molar refractivity (Wildman–Crippen MR) is 96.4 cm³/mol. The third-order valence-electron chi connectivity index (χ3n) is 5.62. The summed E-state index contributed by atoms with van der Waals surface area (Å²) in [5.74, 6) is 0.497. The average Bonchev–Trinajstić information content (AvgIpc) is 3.05. The molecule has 136 valence electrons. The lowest BCUT2D eigenvalue weighted by Crippen LogP contribution is -2.45. The summed E-state index contributed by atoms with van der Waals surface area (Å²) in [5, 5.41) is 12.1. The Morgan fingerprint density at radius 2 is 1.76 bits per heavy atom. The van der Waals surface area contributed by atoms with Crippen LogP contribution in [0.4, 0.5) is 4.79 Å². The zero-order valence-corrected chi connectivity index (χ0v) is 14.7. The molecule has 0 bridgehead atoms. The van der Waals surface area contributed by atoms with Gasteiger partial charge in [0.25, 0.3) is 0 Å². The molecule has 3 atom stereocenters. The van der Waals surface area contributed by atoms with Crippen molar-refractivity contribution in [1.29, 1.82) is 0 Å². The number of fused-ring (bicyclic) bond motifs is 1. The summed E-state index contributed by atoms with van der Waals surface area (Å²) < 4.78 is 0. The highest BCUT2D eigenvalue weighted by Crippen LogP contribution is 2.35. The number of aliphatic carboxylic acids is 1. The standard InChI is InChI=1S/C20H28N2O3/c23-19(24)11-10-18(12-15-6-2-1-3-7-15)21-20(25)22-13-16-8-4-5-9-17(16)14-22/h1-3,6-7,16-18H,4-5,8-14H2,(H,21,25)(H,23,24)/t16-,17+,18?. The second-order valence-corrected chi connectivity index (χ2v) is 7.48. The lowest BCUT2D eigenvalue weighted by molar-refractivity contribution is -0.137. The van der Waals surface area contributed by atoms with Crippen LogP contribution in [0.3, 0.4) is 0 Å². The van der Waals surface area contributed by atoms with Crippen molar-refractivity contribution in [2.75, 3.05) is 13.1 Å². The first-order chi connectivity index (χ1) is 12.1. The molecule has 25 heavy (non-hydrogen) atoms. The number of amides is 2. The van der Waals surface area contributed by atoms with Gasteiger partial charge < -0.3 is 15.3 Å². The minimum Gasteiger partial charge on any atom is -0.481 e. The Hall–Kier alpha value is -2.04.